The summed E-state index contributed by atoms with van der Waals surface area (Å²) in [6.07, 6.45) is 1.71. The minimum atomic E-state index is -0.208. The molecule has 0 unspecified atom stereocenters. The van der Waals surface area contributed by atoms with Crippen molar-refractivity contribution >= 4 is 12.4 Å². The predicted octanol–water partition coefficient (Wildman–Crippen LogP) is 2.14. The van der Waals surface area contributed by atoms with Crippen LogP contribution in [0.3, 0.4) is 0 Å². The molecule has 1 aromatic rings. The van der Waals surface area contributed by atoms with Gasteiger partial charge in [-0.25, -0.2) is 4.98 Å². The van der Waals surface area contributed by atoms with Gasteiger partial charge in [-0.05, 0) is 32.4 Å². The van der Waals surface area contributed by atoms with E-state index in [9.17, 15) is 0 Å². The molecule has 0 aliphatic heterocycles. The van der Waals surface area contributed by atoms with Crippen molar-refractivity contribution < 1.29 is 4.74 Å². The number of nitrogens with zero attached hydrogens (tertiary/aromatic N) is 1. The maximum absolute atomic E-state index is 5.58. The van der Waals surface area contributed by atoms with E-state index in [4.69, 9.17) is 10.5 Å². The number of hydrogen-bond acceptors (Lipinski definition) is 3. The van der Waals surface area contributed by atoms with Crippen LogP contribution in [0, 0.1) is 0 Å². The van der Waals surface area contributed by atoms with Gasteiger partial charge in [-0.15, -0.1) is 12.4 Å². The number of aromatic nitrogens is 1. The molecule has 0 aliphatic carbocycles. The third kappa shape index (κ3) is 4.44. The van der Waals surface area contributed by atoms with E-state index >= 15 is 0 Å². The molecule has 0 spiro atoms. The van der Waals surface area contributed by atoms with Crippen LogP contribution in [0.1, 0.15) is 26.3 Å². The quantitative estimate of drug-likeness (QED) is 0.824. The van der Waals surface area contributed by atoms with E-state index in [0.717, 1.165) is 5.56 Å². The molecule has 4 heteroatoms. The van der Waals surface area contributed by atoms with E-state index < -0.39 is 0 Å². The molecule has 2 N–H and O–H groups in total. The van der Waals surface area contributed by atoms with Crippen molar-refractivity contribution in [1.29, 1.82) is 0 Å². The molecular formula is C10H17ClN2O. The summed E-state index contributed by atoms with van der Waals surface area (Å²) in [5, 5.41) is 0. The lowest BCUT2D eigenvalue weighted by Gasteiger charge is -2.20. The number of pyridine rings is 1. The monoisotopic (exact) mass is 216 g/mol. The second-order valence-corrected chi connectivity index (χ2v) is 3.92. The first-order valence-electron chi connectivity index (χ1n) is 4.35. The van der Waals surface area contributed by atoms with Gasteiger partial charge < -0.3 is 10.5 Å². The van der Waals surface area contributed by atoms with Crippen LogP contribution < -0.4 is 10.5 Å². The Morgan fingerprint density at radius 2 is 2.07 bits per heavy atom. The maximum Gasteiger partial charge on any atom is 0.214 e. The normalized spacial score (nSPS) is 10.6. The number of hydrogen-bond donors (Lipinski definition) is 1. The fraction of sp³-hybridized carbons (Fsp3) is 0.500. The Balaban J connectivity index is 0.00000169. The molecule has 0 radical (unpaired) electrons. The minimum Gasteiger partial charge on any atom is -0.472 e. The lowest BCUT2D eigenvalue weighted by atomic mass is 10.2. The standard InChI is InChI=1S/C10H16N2O.ClH/c1-10(2,3)13-9-6-8(7-11)4-5-12-9;/h4-6H,7,11H2,1-3H3;1H. The second kappa shape index (κ2) is 5.17. The van der Waals surface area contributed by atoms with Gasteiger partial charge in [0.2, 0.25) is 5.88 Å². The summed E-state index contributed by atoms with van der Waals surface area (Å²) in [6.45, 7) is 6.49. The molecule has 14 heavy (non-hydrogen) atoms. The minimum absolute atomic E-state index is 0. The Hall–Kier alpha value is -0.800. The van der Waals surface area contributed by atoms with E-state index in [1.54, 1.807) is 6.20 Å². The topological polar surface area (TPSA) is 48.1 Å². The molecule has 0 aliphatic rings. The van der Waals surface area contributed by atoms with Gasteiger partial charge >= 0.3 is 0 Å². The summed E-state index contributed by atoms with van der Waals surface area (Å²) in [5.74, 6) is 0.635. The Kier molecular flexibility index (Phi) is 4.88. The van der Waals surface area contributed by atoms with Crippen LogP contribution in [0.2, 0.25) is 0 Å². The van der Waals surface area contributed by atoms with Gasteiger partial charge in [0.15, 0.2) is 0 Å². The lowest BCUT2D eigenvalue weighted by molar-refractivity contribution is 0.124. The van der Waals surface area contributed by atoms with Gasteiger partial charge in [0.05, 0.1) is 0 Å². The zero-order chi connectivity index (χ0) is 9.90. The first-order valence-corrected chi connectivity index (χ1v) is 4.35. The highest BCUT2D eigenvalue weighted by Crippen LogP contribution is 2.15. The molecule has 80 valence electrons. The average Bonchev–Trinajstić information content (AvgIpc) is 2.01. The Morgan fingerprint density at radius 3 is 2.57 bits per heavy atom. The highest BCUT2D eigenvalue weighted by molar-refractivity contribution is 5.85. The molecule has 0 fully saturated rings. The largest absolute Gasteiger partial charge is 0.472 e. The average molecular weight is 217 g/mol. The van der Waals surface area contributed by atoms with Gasteiger partial charge in [0.1, 0.15) is 5.60 Å². The van der Waals surface area contributed by atoms with E-state index in [1.807, 2.05) is 32.9 Å². The van der Waals surface area contributed by atoms with Gasteiger partial charge in [-0.1, -0.05) is 0 Å². The SMILES string of the molecule is CC(C)(C)Oc1cc(CN)ccn1.Cl. The second-order valence-electron chi connectivity index (χ2n) is 3.92. The fourth-order valence-electron chi connectivity index (χ4n) is 0.947. The predicted molar refractivity (Wildman–Crippen MR) is 59.8 cm³/mol. The van der Waals surface area contributed by atoms with Crippen molar-refractivity contribution in [2.45, 2.75) is 32.9 Å². The molecule has 1 rings (SSSR count). The van der Waals surface area contributed by atoms with E-state index in [-0.39, 0.29) is 18.0 Å². The highest BCUT2D eigenvalue weighted by Gasteiger charge is 2.12. The first kappa shape index (κ1) is 13.2. The molecule has 3 nitrogen and oxygen atoms in total. The molecule has 0 amide bonds. The molecular weight excluding hydrogens is 200 g/mol. The molecule has 0 aromatic carbocycles. The van der Waals surface area contributed by atoms with Crippen LogP contribution in [0.4, 0.5) is 0 Å². The van der Waals surface area contributed by atoms with Crippen LogP contribution in [-0.4, -0.2) is 10.6 Å². The van der Waals surface area contributed by atoms with E-state index in [1.165, 1.54) is 0 Å². The molecule has 0 atom stereocenters. The van der Waals surface area contributed by atoms with Gasteiger partial charge in [0.25, 0.3) is 0 Å². The smallest absolute Gasteiger partial charge is 0.214 e. The number of halogens is 1. The van der Waals surface area contributed by atoms with Gasteiger partial charge in [-0.2, -0.15) is 0 Å². The molecule has 0 bridgehead atoms. The Labute approximate surface area is 91.1 Å². The van der Waals surface area contributed by atoms with Gasteiger partial charge in [-0.3, -0.25) is 0 Å². The summed E-state index contributed by atoms with van der Waals surface area (Å²) >= 11 is 0. The number of rotatable bonds is 2. The summed E-state index contributed by atoms with van der Waals surface area (Å²) in [6, 6.07) is 3.75. The zero-order valence-corrected chi connectivity index (χ0v) is 9.60. The number of ether oxygens (including phenoxy) is 1. The van der Waals surface area contributed by atoms with Crippen molar-refractivity contribution in [1.82, 2.24) is 4.98 Å². The lowest BCUT2D eigenvalue weighted by Crippen LogP contribution is -2.23. The zero-order valence-electron chi connectivity index (χ0n) is 8.78. The highest BCUT2D eigenvalue weighted by atomic mass is 35.5. The van der Waals surface area contributed by atoms with Crippen molar-refractivity contribution in [3.8, 4) is 5.88 Å². The Bertz CT molecular complexity index is 284. The molecule has 0 saturated carbocycles. The summed E-state index contributed by atoms with van der Waals surface area (Å²) < 4.78 is 5.58. The fourth-order valence-corrected chi connectivity index (χ4v) is 0.947. The van der Waals surface area contributed by atoms with E-state index in [2.05, 4.69) is 4.98 Å². The first-order chi connectivity index (χ1) is 6.01. The third-order valence-electron chi connectivity index (χ3n) is 1.45. The number of nitrogens with two attached hydrogens (primary N) is 1. The Morgan fingerprint density at radius 1 is 1.43 bits per heavy atom. The third-order valence-corrected chi connectivity index (χ3v) is 1.45. The van der Waals surface area contributed by atoms with Crippen molar-refractivity contribution in [3.63, 3.8) is 0 Å². The van der Waals surface area contributed by atoms with Crippen molar-refractivity contribution in [3.05, 3.63) is 23.9 Å². The molecule has 0 saturated heterocycles. The van der Waals surface area contributed by atoms with Crippen LogP contribution in [0.25, 0.3) is 0 Å². The van der Waals surface area contributed by atoms with Crippen molar-refractivity contribution in [2.24, 2.45) is 5.73 Å². The summed E-state index contributed by atoms with van der Waals surface area (Å²) in [7, 11) is 0. The van der Waals surface area contributed by atoms with Crippen molar-refractivity contribution in [2.75, 3.05) is 0 Å². The molecule has 1 aromatic heterocycles. The summed E-state index contributed by atoms with van der Waals surface area (Å²) in [5.41, 5.74) is 6.33. The van der Waals surface area contributed by atoms with Gasteiger partial charge in [0, 0.05) is 18.8 Å². The molecule has 1 heterocycles. The van der Waals surface area contributed by atoms with Crippen LogP contribution in [0.5, 0.6) is 5.88 Å². The van der Waals surface area contributed by atoms with Crippen LogP contribution in [-0.2, 0) is 6.54 Å². The van der Waals surface area contributed by atoms with Crippen LogP contribution >= 0.6 is 12.4 Å². The van der Waals surface area contributed by atoms with E-state index in [0.29, 0.717) is 12.4 Å². The van der Waals surface area contributed by atoms with Crippen LogP contribution in [0.15, 0.2) is 18.3 Å². The maximum atomic E-state index is 5.58. The summed E-state index contributed by atoms with van der Waals surface area (Å²) in [4.78, 5) is 4.09.